The summed E-state index contributed by atoms with van der Waals surface area (Å²) in [6.07, 6.45) is 1.76. The molecule has 2 rings (SSSR count). The van der Waals surface area contributed by atoms with Gasteiger partial charge in [-0.15, -0.1) is 0 Å². The van der Waals surface area contributed by atoms with Crippen molar-refractivity contribution in [1.82, 2.24) is 14.5 Å². The Bertz CT molecular complexity index is 776. The molecule has 1 fully saturated rings. The van der Waals surface area contributed by atoms with Gasteiger partial charge >= 0.3 is 0 Å². The minimum Gasteiger partial charge on any atom is -0.352 e. The minimum absolute atomic E-state index is 0.0683. The van der Waals surface area contributed by atoms with E-state index in [2.05, 4.69) is 24.1 Å². The molecule has 27 heavy (non-hydrogen) atoms. The van der Waals surface area contributed by atoms with E-state index in [4.69, 9.17) is 5.26 Å². The van der Waals surface area contributed by atoms with E-state index in [1.54, 1.807) is 0 Å². The Balaban J connectivity index is 1.87. The van der Waals surface area contributed by atoms with Gasteiger partial charge in [0.25, 0.3) is 0 Å². The van der Waals surface area contributed by atoms with E-state index in [-0.39, 0.29) is 23.4 Å². The van der Waals surface area contributed by atoms with Crippen molar-refractivity contribution in [1.29, 1.82) is 5.26 Å². The van der Waals surface area contributed by atoms with Crippen molar-refractivity contribution in [2.75, 3.05) is 33.2 Å². The third-order valence-electron chi connectivity index (χ3n) is 4.63. The Hall–Kier alpha value is -1.95. The Kier molecular flexibility index (Phi) is 7.36. The summed E-state index contributed by atoms with van der Waals surface area (Å²) >= 11 is 0. The topological polar surface area (TPSA) is 93.5 Å². The number of benzene rings is 1. The van der Waals surface area contributed by atoms with E-state index in [0.29, 0.717) is 11.5 Å². The van der Waals surface area contributed by atoms with Gasteiger partial charge in [-0.2, -0.15) is 9.57 Å². The molecule has 0 radical (unpaired) electrons. The van der Waals surface area contributed by atoms with Gasteiger partial charge in [-0.25, -0.2) is 8.42 Å². The largest absolute Gasteiger partial charge is 0.352 e. The summed E-state index contributed by atoms with van der Waals surface area (Å²) in [6, 6.07) is 7.70. The first-order valence-corrected chi connectivity index (χ1v) is 10.6. The molecular formula is C19H28N4O3S. The third kappa shape index (κ3) is 6.03. The van der Waals surface area contributed by atoms with Crippen LogP contribution in [0.1, 0.15) is 32.3 Å². The molecule has 1 amide bonds. The van der Waals surface area contributed by atoms with Crippen molar-refractivity contribution in [2.24, 2.45) is 5.92 Å². The van der Waals surface area contributed by atoms with Crippen molar-refractivity contribution in [3.05, 3.63) is 29.8 Å². The number of likely N-dealkylation sites (N-methyl/N-ethyl adjacent to an activating group) is 1. The summed E-state index contributed by atoms with van der Waals surface area (Å²) in [5, 5.41) is 11.8. The molecule has 8 heteroatoms. The van der Waals surface area contributed by atoms with Gasteiger partial charge in [0.2, 0.25) is 15.9 Å². The predicted octanol–water partition coefficient (Wildman–Crippen LogP) is 1.42. The zero-order valence-electron chi connectivity index (χ0n) is 16.2. The fourth-order valence-electron chi connectivity index (χ4n) is 3.22. The Morgan fingerprint density at radius 3 is 2.41 bits per heavy atom. The molecule has 0 aromatic heterocycles. The number of piperidine rings is 1. The van der Waals surface area contributed by atoms with Crippen molar-refractivity contribution in [2.45, 2.75) is 37.6 Å². The number of nitriles is 1. The Morgan fingerprint density at radius 1 is 1.30 bits per heavy atom. The minimum atomic E-state index is -3.77. The summed E-state index contributed by atoms with van der Waals surface area (Å²) in [7, 11) is -2.38. The predicted molar refractivity (Wildman–Crippen MR) is 103 cm³/mol. The Morgan fingerprint density at radius 2 is 1.89 bits per heavy atom. The van der Waals surface area contributed by atoms with Crippen LogP contribution in [0, 0.1) is 17.2 Å². The molecule has 0 saturated carbocycles. The second-order valence-electron chi connectivity index (χ2n) is 7.43. The van der Waals surface area contributed by atoms with Crippen molar-refractivity contribution in [3.63, 3.8) is 0 Å². The molecule has 0 aliphatic carbocycles. The average molecular weight is 393 g/mol. The molecule has 1 aromatic rings. The van der Waals surface area contributed by atoms with Crippen LogP contribution in [0.15, 0.2) is 29.2 Å². The van der Waals surface area contributed by atoms with Crippen LogP contribution in [0.2, 0.25) is 0 Å². The number of likely N-dealkylation sites (tertiary alicyclic amines) is 1. The molecular weight excluding hydrogens is 364 g/mol. The molecule has 1 saturated heterocycles. The third-order valence-corrected chi connectivity index (χ3v) is 6.45. The van der Waals surface area contributed by atoms with Crippen LogP contribution in [0.5, 0.6) is 0 Å². The van der Waals surface area contributed by atoms with Gasteiger partial charge < -0.3 is 10.2 Å². The lowest BCUT2D eigenvalue weighted by atomic mass is 10.0. The fraction of sp³-hybridized carbons (Fsp3) is 0.579. The van der Waals surface area contributed by atoms with Gasteiger partial charge in [-0.05, 0) is 43.0 Å². The van der Waals surface area contributed by atoms with Crippen LogP contribution in [0.25, 0.3) is 0 Å². The summed E-state index contributed by atoms with van der Waals surface area (Å²) < 4.78 is 26.2. The van der Waals surface area contributed by atoms with Crippen LogP contribution in [0.3, 0.4) is 0 Å². The number of carbonyl (C=O) groups excluding carboxylic acids is 1. The van der Waals surface area contributed by atoms with Crippen molar-refractivity contribution in [3.8, 4) is 6.07 Å². The molecule has 7 nitrogen and oxygen atoms in total. The van der Waals surface area contributed by atoms with E-state index in [1.807, 2.05) is 6.07 Å². The summed E-state index contributed by atoms with van der Waals surface area (Å²) in [5.74, 6) is 0.328. The molecule has 1 aromatic carbocycles. The van der Waals surface area contributed by atoms with Crippen molar-refractivity contribution >= 4 is 15.9 Å². The maximum absolute atomic E-state index is 12.6. The molecule has 1 heterocycles. The molecule has 148 valence electrons. The highest BCUT2D eigenvalue weighted by Crippen LogP contribution is 2.15. The lowest BCUT2D eigenvalue weighted by Crippen LogP contribution is -2.48. The first-order valence-electron chi connectivity index (χ1n) is 9.20. The van der Waals surface area contributed by atoms with E-state index in [9.17, 15) is 13.2 Å². The van der Waals surface area contributed by atoms with E-state index in [1.165, 1.54) is 31.3 Å². The lowest BCUT2D eigenvalue weighted by molar-refractivity contribution is -0.122. The summed E-state index contributed by atoms with van der Waals surface area (Å²) in [6.45, 7) is 7.11. The van der Waals surface area contributed by atoms with Gasteiger partial charge in [0.05, 0.1) is 23.1 Å². The number of nitrogens with one attached hydrogen (secondary N) is 1. The number of nitrogens with zero attached hydrogens (tertiary/aromatic N) is 3. The lowest BCUT2D eigenvalue weighted by Gasteiger charge is -2.33. The number of amides is 1. The highest BCUT2D eigenvalue weighted by Gasteiger charge is 2.25. The average Bonchev–Trinajstić information content (AvgIpc) is 2.62. The van der Waals surface area contributed by atoms with Crippen LogP contribution < -0.4 is 5.32 Å². The summed E-state index contributed by atoms with van der Waals surface area (Å²) in [4.78, 5) is 14.8. The van der Waals surface area contributed by atoms with Crippen LogP contribution in [-0.2, 0) is 14.8 Å². The summed E-state index contributed by atoms with van der Waals surface area (Å²) in [5.41, 5.74) is 0.387. The second kappa shape index (κ2) is 9.31. The first kappa shape index (κ1) is 21.4. The number of carbonyl (C=O) groups is 1. The van der Waals surface area contributed by atoms with E-state index >= 15 is 0 Å². The van der Waals surface area contributed by atoms with Crippen LogP contribution in [0.4, 0.5) is 0 Å². The van der Waals surface area contributed by atoms with Gasteiger partial charge in [0.15, 0.2) is 0 Å². The van der Waals surface area contributed by atoms with Gasteiger partial charge in [0.1, 0.15) is 0 Å². The number of rotatable bonds is 7. The normalized spacial score (nSPS) is 16.4. The second-order valence-corrected chi connectivity index (χ2v) is 9.48. The number of sulfonamides is 1. The highest BCUT2D eigenvalue weighted by atomic mass is 32.2. The van der Waals surface area contributed by atoms with E-state index < -0.39 is 10.0 Å². The zero-order chi connectivity index (χ0) is 20.0. The number of hydrogen-bond donors (Lipinski definition) is 1. The standard InChI is InChI=1S/C19H28N4O3S/c1-15(2)13-23-10-8-17(9-11-23)21-19(24)14-22(3)27(25,26)18-6-4-16(12-20)5-7-18/h4-7,15,17H,8-11,13-14H2,1-3H3,(H,21,24). The van der Waals surface area contributed by atoms with Gasteiger partial charge in [-0.3, -0.25) is 4.79 Å². The zero-order valence-corrected chi connectivity index (χ0v) is 17.0. The van der Waals surface area contributed by atoms with Gasteiger partial charge in [-0.1, -0.05) is 13.8 Å². The monoisotopic (exact) mass is 392 g/mol. The quantitative estimate of drug-likeness (QED) is 0.757. The molecule has 0 spiro atoms. The van der Waals surface area contributed by atoms with Crippen LogP contribution >= 0.6 is 0 Å². The fourth-order valence-corrected chi connectivity index (χ4v) is 4.35. The molecule has 1 N–H and O–H groups in total. The molecule has 0 unspecified atom stereocenters. The molecule has 0 bridgehead atoms. The van der Waals surface area contributed by atoms with Crippen molar-refractivity contribution < 1.29 is 13.2 Å². The molecule has 1 aliphatic heterocycles. The van der Waals surface area contributed by atoms with E-state index in [0.717, 1.165) is 36.8 Å². The molecule has 0 atom stereocenters. The maximum Gasteiger partial charge on any atom is 0.243 e. The number of hydrogen-bond acceptors (Lipinski definition) is 5. The maximum atomic E-state index is 12.6. The van der Waals surface area contributed by atoms with Gasteiger partial charge in [0, 0.05) is 32.7 Å². The SMILES string of the molecule is CC(C)CN1CCC(NC(=O)CN(C)S(=O)(=O)c2ccc(C#N)cc2)CC1. The van der Waals surface area contributed by atoms with Crippen LogP contribution in [-0.4, -0.2) is 62.8 Å². The molecule has 1 aliphatic rings. The smallest absolute Gasteiger partial charge is 0.243 e. The highest BCUT2D eigenvalue weighted by molar-refractivity contribution is 7.89. The Labute approximate surface area is 162 Å². The first-order chi connectivity index (χ1) is 12.7.